The van der Waals surface area contributed by atoms with E-state index in [2.05, 4.69) is 17.0 Å². The molecule has 206 valence electrons. The topological polar surface area (TPSA) is 24.9 Å². The minimum Gasteiger partial charge on any atom is -0.458 e. The van der Waals surface area contributed by atoms with Crippen molar-refractivity contribution in [1.82, 2.24) is 4.83 Å². The van der Waals surface area contributed by atoms with Gasteiger partial charge in [0.15, 0.2) is 0 Å². The van der Waals surface area contributed by atoms with Gasteiger partial charge < -0.3 is 9.47 Å². The summed E-state index contributed by atoms with van der Waals surface area (Å²) in [5, 5.41) is 1.97. The Hall–Kier alpha value is -5.33. The Morgan fingerprint density at radius 2 is 0.955 bits per heavy atom. The van der Waals surface area contributed by atoms with Crippen molar-refractivity contribution in [1.29, 1.82) is 0 Å². The molecule has 6 aromatic rings. The van der Waals surface area contributed by atoms with E-state index >= 15 is 8.78 Å². The van der Waals surface area contributed by atoms with E-state index in [-0.39, 0.29) is 13.7 Å². The van der Waals surface area contributed by atoms with E-state index in [1.165, 1.54) is 24.3 Å². The summed E-state index contributed by atoms with van der Waals surface area (Å²) in [6.07, 6.45) is 0. The van der Waals surface area contributed by atoms with Crippen molar-refractivity contribution in [3.8, 4) is 45.3 Å². The van der Waals surface area contributed by atoms with Crippen LogP contribution < -0.4 is 36.3 Å². The highest BCUT2D eigenvalue weighted by Gasteiger charge is 2.59. The molecular weight excluding hydrogens is 552 g/mol. The molecule has 10 rings (SSSR count). The molecule has 6 aromatic carbocycles. The summed E-state index contributed by atoms with van der Waals surface area (Å²) in [5.74, 6) is 1.50. The third-order valence-corrected chi connectivity index (χ3v) is 9.21. The van der Waals surface area contributed by atoms with Crippen LogP contribution in [0.3, 0.4) is 0 Å². The number of hydrogen-bond acceptors (Lipinski definition) is 4. The maximum atomic E-state index is 15.4. The average molecular weight is 572 g/mol. The van der Waals surface area contributed by atoms with Gasteiger partial charge in [-0.15, -0.1) is 0 Å². The number of fused-ring (bicyclic) bond motifs is 9. The maximum Gasteiger partial charge on any atom is 0.310 e. The van der Waals surface area contributed by atoms with Crippen molar-refractivity contribution in [3.63, 3.8) is 0 Å². The molecule has 0 saturated heterocycles. The van der Waals surface area contributed by atoms with Gasteiger partial charge in [-0.25, -0.2) is 8.78 Å². The van der Waals surface area contributed by atoms with Crippen molar-refractivity contribution in [2.24, 2.45) is 0 Å². The van der Waals surface area contributed by atoms with Crippen molar-refractivity contribution in [2.45, 2.75) is 0 Å². The zero-order valence-electron chi connectivity index (χ0n) is 23.2. The quantitative estimate of drug-likeness (QED) is 0.234. The molecule has 44 heavy (non-hydrogen) atoms. The number of nitrogens with zero attached hydrogens (tertiary/aromatic N) is 2. The molecule has 4 heterocycles. The molecule has 0 unspecified atom stereocenters. The summed E-state index contributed by atoms with van der Waals surface area (Å²) < 4.78 is 43.9. The largest absolute Gasteiger partial charge is 0.458 e. The molecule has 0 aliphatic carbocycles. The van der Waals surface area contributed by atoms with Crippen molar-refractivity contribution < 1.29 is 18.3 Å². The van der Waals surface area contributed by atoms with Gasteiger partial charge in [0.2, 0.25) is 0 Å². The second-order valence-electron chi connectivity index (χ2n) is 11.6. The van der Waals surface area contributed by atoms with Crippen molar-refractivity contribution in [2.75, 3.05) is 5.01 Å². The molecular formula is C36H20B2F2N2O2. The molecule has 0 saturated carbocycles. The number of benzene rings is 6. The fourth-order valence-electron chi connectivity index (χ4n) is 7.52. The maximum absolute atomic E-state index is 15.4. The molecule has 4 aliphatic rings. The van der Waals surface area contributed by atoms with E-state index in [4.69, 9.17) is 9.47 Å². The van der Waals surface area contributed by atoms with Crippen LogP contribution in [0.5, 0.6) is 23.0 Å². The van der Waals surface area contributed by atoms with Crippen LogP contribution in [0.1, 0.15) is 0 Å². The van der Waals surface area contributed by atoms with Gasteiger partial charge in [0.1, 0.15) is 34.6 Å². The first-order valence-corrected chi connectivity index (χ1v) is 14.6. The van der Waals surface area contributed by atoms with Gasteiger partial charge in [0.05, 0.1) is 11.4 Å². The van der Waals surface area contributed by atoms with Crippen molar-refractivity contribution in [3.05, 3.63) is 133 Å². The van der Waals surface area contributed by atoms with Crippen molar-refractivity contribution >= 4 is 46.9 Å². The Labute approximate surface area is 252 Å². The van der Waals surface area contributed by atoms with E-state index in [1.807, 2.05) is 89.9 Å². The standard InChI is InChI=1S/C36H20B2F2N2O2/c39-23-17-29-33-31(19-23)43-35-25(21-9-3-1-4-10-21)13-7-15-27(35)37(33)42-38-28-16-8-14-26(22-11-5-2-6-12-22)36(28)44-32-20-24(40)18-30(34(32)38)41(29)42/h1-20H. The van der Waals surface area contributed by atoms with Gasteiger partial charge >= 0.3 is 13.7 Å². The first kappa shape index (κ1) is 24.1. The fraction of sp³-hybridized carbons (Fsp3) is 0. The SMILES string of the molecule is Fc1cc2c3c(c1)N1c4cc(F)cc5c4B(c4cccc(-c6ccccc6)c4O5)N1B3c1cccc(-c3ccccc3)c1O2. The number of para-hydroxylation sites is 2. The highest BCUT2D eigenvalue weighted by Crippen LogP contribution is 2.48. The molecule has 8 heteroatoms. The van der Waals surface area contributed by atoms with Crippen LogP contribution in [0.25, 0.3) is 22.3 Å². The fourth-order valence-corrected chi connectivity index (χ4v) is 7.52. The normalized spacial score (nSPS) is 14.7. The molecule has 0 N–H and O–H groups in total. The van der Waals surface area contributed by atoms with E-state index < -0.39 is 11.6 Å². The van der Waals surface area contributed by atoms with Crippen LogP contribution in [0.15, 0.2) is 121 Å². The Balaban J connectivity index is 1.26. The highest BCUT2D eigenvalue weighted by atomic mass is 19.1. The Kier molecular flexibility index (Phi) is 4.73. The molecule has 0 bridgehead atoms. The first-order chi connectivity index (χ1) is 21.7. The Bertz CT molecular complexity index is 2040. The summed E-state index contributed by atoms with van der Waals surface area (Å²) in [5.41, 5.74) is 8.84. The first-order valence-electron chi connectivity index (χ1n) is 14.6. The number of ether oxygens (including phenoxy) is 2. The zero-order valence-corrected chi connectivity index (χ0v) is 23.2. The van der Waals surface area contributed by atoms with Gasteiger partial charge in [-0.3, -0.25) is 9.84 Å². The summed E-state index contributed by atoms with van der Waals surface area (Å²) in [6.45, 7) is -0.625. The van der Waals surface area contributed by atoms with Gasteiger partial charge in [-0.05, 0) is 34.2 Å². The predicted molar refractivity (Wildman–Crippen MR) is 171 cm³/mol. The van der Waals surface area contributed by atoms with Gasteiger partial charge in [0.25, 0.3) is 0 Å². The summed E-state index contributed by atoms with van der Waals surface area (Å²) in [7, 11) is 0. The van der Waals surface area contributed by atoms with E-state index in [0.717, 1.165) is 44.1 Å². The lowest BCUT2D eigenvalue weighted by atomic mass is 9.38. The van der Waals surface area contributed by atoms with Gasteiger partial charge in [0, 0.05) is 34.2 Å². The van der Waals surface area contributed by atoms with Crippen LogP contribution in [0, 0.1) is 11.6 Å². The highest BCUT2D eigenvalue weighted by molar-refractivity contribution is 7.02. The minimum absolute atomic E-state index is 0.312. The molecule has 0 fully saturated rings. The van der Waals surface area contributed by atoms with Gasteiger partial charge in [-0.2, -0.15) is 0 Å². The summed E-state index contributed by atoms with van der Waals surface area (Å²) in [6, 6.07) is 38.4. The monoisotopic (exact) mass is 572 g/mol. The molecule has 0 amide bonds. The lowest BCUT2D eigenvalue weighted by Crippen LogP contribution is -2.66. The third-order valence-electron chi connectivity index (χ3n) is 9.21. The number of anilines is 2. The molecule has 0 radical (unpaired) electrons. The Morgan fingerprint density at radius 3 is 1.41 bits per heavy atom. The van der Waals surface area contributed by atoms with Crippen LogP contribution >= 0.6 is 0 Å². The zero-order chi connectivity index (χ0) is 29.1. The summed E-state index contributed by atoms with van der Waals surface area (Å²) >= 11 is 0. The van der Waals surface area contributed by atoms with Gasteiger partial charge in [-0.1, -0.05) is 97.1 Å². The number of hydrogen-bond donors (Lipinski definition) is 0. The van der Waals surface area contributed by atoms with Crippen LogP contribution in [0.2, 0.25) is 0 Å². The molecule has 0 aromatic heterocycles. The number of rotatable bonds is 2. The molecule has 0 spiro atoms. The second kappa shape index (κ2) is 8.62. The second-order valence-corrected chi connectivity index (χ2v) is 11.6. The molecule has 4 aliphatic heterocycles. The lowest BCUT2D eigenvalue weighted by molar-refractivity contribution is 0.482. The number of halogens is 2. The average Bonchev–Trinajstić information content (AvgIpc) is 3.56. The van der Waals surface area contributed by atoms with E-state index in [1.54, 1.807) is 0 Å². The molecule has 0 atom stereocenters. The number of hydrazine groups is 1. The van der Waals surface area contributed by atoms with Crippen LogP contribution in [0.4, 0.5) is 20.2 Å². The lowest BCUT2D eigenvalue weighted by Gasteiger charge is -2.34. The summed E-state index contributed by atoms with van der Waals surface area (Å²) in [4.78, 5) is 2.26. The minimum atomic E-state index is -0.417. The Morgan fingerprint density at radius 1 is 0.500 bits per heavy atom. The van der Waals surface area contributed by atoms with Crippen LogP contribution in [-0.4, -0.2) is 18.5 Å². The third kappa shape index (κ3) is 3.10. The molecule has 4 nitrogen and oxygen atoms in total. The van der Waals surface area contributed by atoms with Crippen LogP contribution in [-0.2, 0) is 0 Å². The van der Waals surface area contributed by atoms with E-state index in [0.29, 0.717) is 34.4 Å². The van der Waals surface area contributed by atoms with E-state index in [9.17, 15) is 0 Å². The smallest absolute Gasteiger partial charge is 0.310 e. The predicted octanol–water partition coefficient (Wildman–Crippen LogP) is 6.10.